The number of nitrogens with zero attached hydrogens (tertiary/aromatic N) is 1. The Morgan fingerprint density at radius 3 is 2.82 bits per heavy atom. The number of nitrogens with two attached hydrogens (primary N) is 1. The molecule has 0 radical (unpaired) electrons. The van der Waals surface area contributed by atoms with Gasteiger partial charge in [0, 0.05) is 25.7 Å². The number of carbonyl (C=O) groups excluding carboxylic acids is 1. The zero-order valence-electron chi connectivity index (χ0n) is 10.1. The fourth-order valence-electron chi connectivity index (χ4n) is 2.15. The van der Waals surface area contributed by atoms with Crippen LogP contribution in [0.5, 0.6) is 0 Å². The molecule has 0 aliphatic carbocycles. The lowest BCUT2D eigenvalue weighted by Crippen LogP contribution is -2.52. The van der Waals surface area contributed by atoms with Crippen LogP contribution in [0.4, 0.5) is 0 Å². The van der Waals surface area contributed by atoms with Crippen LogP contribution >= 0.6 is 0 Å². The average molecular weight is 233 g/mol. The number of carbonyl (C=O) groups is 1. The van der Waals surface area contributed by atoms with E-state index in [-0.39, 0.29) is 11.9 Å². The molecule has 1 fully saturated rings. The van der Waals surface area contributed by atoms with Crippen molar-refractivity contribution in [3.63, 3.8) is 0 Å². The summed E-state index contributed by atoms with van der Waals surface area (Å²) < 4.78 is 0. The highest BCUT2D eigenvalue weighted by Gasteiger charge is 2.25. The van der Waals surface area contributed by atoms with Crippen molar-refractivity contribution in [1.29, 1.82) is 0 Å². The number of piperazine rings is 1. The van der Waals surface area contributed by atoms with Gasteiger partial charge in [-0.2, -0.15) is 0 Å². The minimum atomic E-state index is -0.412. The van der Waals surface area contributed by atoms with Gasteiger partial charge in [0.15, 0.2) is 0 Å². The molecule has 92 valence electrons. The topological polar surface area (TPSA) is 58.4 Å². The van der Waals surface area contributed by atoms with E-state index in [1.807, 2.05) is 23.1 Å². The molecule has 17 heavy (non-hydrogen) atoms. The van der Waals surface area contributed by atoms with Gasteiger partial charge in [-0.25, -0.2) is 0 Å². The van der Waals surface area contributed by atoms with Crippen LogP contribution in [0, 0.1) is 0 Å². The molecule has 1 heterocycles. The Morgan fingerprint density at radius 2 is 2.18 bits per heavy atom. The van der Waals surface area contributed by atoms with E-state index in [4.69, 9.17) is 5.73 Å². The van der Waals surface area contributed by atoms with Crippen LogP contribution in [0.3, 0.4) is 0 Å². The Labute approximate surface area is 102 Å². The van der Waals surface area contributed by atoms with Crippen molar-refractivity contribution in [2.45, 2.75) is 19.0 Å². The lowest BCUT2D eigenvalue weighted by Gasteiger charge is -2.34. The summed E-state index contributed by atoms with van der Waals surface area (Å²) in [4.78, 5) is 13.7. The summed E-state index contributed by atoms with van der Waals surface area (Å²) in [7, 11) is 0. The first-order valence-corrected chi connectivity index (χ1v) is 6.01. The SMILES string of the molecule is CC(N)C(=O)N1CCNC(c2ccccc2)C1. The first kappa shape index (κ1) is 12.1. The third kappa shape index (κ3) is 2.84. The molecule has 1 amide bonds. The molecular weight excluding hydrogens is 214 g/mol. The standard InChI is InChI=1S/C13H19N3O/c1-10(14)13(17)16-8-7-15-12(9-16)11-5-3-2-4-6-11/h2-6,10,12,15H,7-9,14H2,1H3. The molecule has 0 aromatic heterocycles. The van der Waals surface area contributed by atoms with E-state index in [0.29, 0.717) is 6.54 Å². The second-order valence-electron chi connectivity index (χ2n) is 4.49. The predicted molar refractivity (Wildman–Crippen MR) is 67.4 cm³/mol. The van der Waals surface area contributed by atoms with Crippen molar-refractivity contribution in [2.24, 2.45) is 5.73 Å². The summed E-state index contributed by atoms with van der Waals surface area (Å²) in [6.07, 6.45) is 0. The Balaban J connectivity index is 2.05. The molecule has 1 aromatic rings. The molecule has 4 heteroatoms. The molecule has 1 aromatic carbocycles. The van der Waals surface area contributed by atoms with Crippen LogP contribution in [0.1, 0.15) is 18.5 Å². The van der Waals surface area contributed by atoms with Crippen molar-refractivity contribution in [3.05, 3.63) is 35.9 Å². The highest BCUT2D eigenvalue weighted by Crippen LogP contribution is 2.17. The second kappa shape index (κ2) is 5.29. The second-order valence-corrected chi connectivity index (χ2v) is 4.49. The van der Waals surface area contributed by atoms with Gasteiger partial charge < -0.3 is 16.0 Å². The zero-order valence-corrected chi connectivity index (χ0v) is 10.1. The molecule has 0 bridgehead atoms. The molecule has 1 aliphatic rings. The number of hydrogen-bond acceptors (Lipinski definition) is 3. The summed E-state index contributed by atoms with van der Waals surface area (Å²) in [6, 6.07) is 10.00. The van der Waals surface area contributed by atoms with E-state index in [2.05, 4.69) is 17.4 Å². The van der Waals surface area contributed by atoms with Gasteiger partial charge in [-0.3, -0.25) is 4.79 Å². The number of benzene rings is 1. The molecule has 0 saturated carbocycles. The molecule has 2 unspecified atom stereocenters. The molecular formula is C13H19N3O. The third-order valence-electron chi connectivity index (χ3n) is 3.08. The van der Waals surface area contributed by atoms with Crippen LogP contribution < -0.4 is 11.1 Å². The molecule has 0 spiro atoms. The maximum Gasteiger partial charge on any atom is 0.239 e. The molecule has 3 N–H and O–H groups in total. The van der Waals surface area contributed by atoms with E-state index in [1.165, 1.54) is 5.56 Å². The fraction of sp³-hybridized carbons (Fsp3) is 0.462. The number of hydrogen-bond donors (Lipinski definition) is 2. The van der Waals surface area contributed by atoms with Gasteiger partial charge in [-0.1, -0.05) is 30.3 Å². The first-order valence-electron chi connectivity index (χ1n) is 6.01. The number of amides is 1. The Hall–Kier alpha value is -1.39. The summed E-state index contributed by atoms with van der Waals surface area (Å²) in [6.45, 7) is 3.99. The van der Waals surface area contributed by atoms with E-state index < -0.39 is 6.04 Å². The van der Waals surface area contributed by atoms with Crippen LogP contribution in [-0.4, -0.2) is 36.5 Å². The highest BCUT2D eigenvalue weighted by atomic mass is 16.2. The first-order chi connectivity index (χ1) is 8.18. The Morgan fingerprint density at radius 1 is 1.47 bits per heavy atom. The summed E-state index contributed by atoms with van der Waals surface area (Å²) in [5, 5.41) is 3.42. The average Bonchev–Trinajstić information content (AvgIpc) is 2.39. The van der Waals surface area contributed by atoms with Crippen LogP contribution in [0.15, 0.2) is 30.3 Å². The maximum atomic E-state index is 11.8. The van der Waals surface area contributed by atoms with E-state index in [1.54, 1.807) is 6.92 Å². The van der Waals surface area contributed by atoms with Crippen molar-refractivity contribution >= 4 is 5.91 Å². The van der Waals surface area contributed by atoms with Gasteiger partial charge in [0.2, 0.25) is 5.91 Å². The molecule has 2 atom stereocenters. The van der Waals surface area contributed by atoms with E-state index in [9.17, 15) is 4.79 Å². The van der Waals surface area contributed by atoms with Crippen molar-refractivity contribution < 1.29 is 4.79 Å². The molecule has 1 saturated heterocycles. The predicted octanol–water partition coefficient (Wildman–Crippen LogP) is 0.507. The van der Waals surface area contributed by atoms with Crippen LogP contribution in [-0.2, 0) is 4.79 Å². The zero-order chi connectivity index (χ0) is 12.3. The van der Waals surface area contributed by atoms with Gasteiger partial charge >= 0.3 is 0 Å². The minimum absolute atomic E-state index is 0.0347. The fourth-order valence-corrected chi connectivity index (χ4v) is 2.15. The van der Waals surface area contributed by atoms with Gasteiger partial charge in [0.25, 0.3) is 0 Å². The summed E-state index contributed by atoms with van der Waals surface area (Å²) in [5.74, 6) is 0.0347. The lowest BCUT2D eigenvalue weighted by atomic mass is 10.0. The summed E-state index contributed by atoms with van der Waals surface area (Å²) in [5.41, 5.74) is 6.86. The van der Waals surface area contributed by atoms with Gasteiger partial charge in [-0.05, 0) is 12.5 Å². The monoisotopic (exact) mass is 233 g/mol. The largest absolute Gasteiger partial charge is 0.338 e. The Bertz CT molecular complexity index is 378. The quantitative estimate of drug-likeness (QED) is 0.782. The van der Waals surface area contributed by atoms with Gasteiger partial charge in [0.1, 0.15) is 0 Å². The third-order valence-corrected chi connectivity index (χ3v) is 3.08. The number of nitrogens with one attached hydrogen (secondary N) is 1. The van der Waals surface area contributed by atoms with Gasteiger partial charge in [-0.15, -0.1) is 0 Å². The van der Waals surface area contributed by atoms with Gasteiger partial charge in [0.05, 0.1) is 6.04 Å². The van der Waals surface area contributed by atoms with E-state index >= 15 is 0 Å². The lowest BCUT2D eigenvalue weighted by molar-refractivity contribution is -0.133. The van der Waals surface area contributed by atoms with Crippen molar-refractivity contribution in [3.8, 4) is 0 Å². The Kier molecular flexibility index (Phi) is 3.76. The summed E-state index contributed by atoms with van der Waals surface area (Å²) >= 11 is 0. The van der Waals surface area contributed by atoms with Crippen molar-refractivity contribution in [1.82, 2.24) is 10.2 Å². The van der Waals surface area contributed by atoms with Crippen molar-refractivity contribution in [2.75, 3.05) is 19.6 Å². The molecule has 1 aliphatic heterocycles. The van der Waals surface area contributed by atoms with Crippen LogP contribution in [0.25, 0.3) is 0 Å². The smallest absolute Gasteiger partial charge is 0.239 e. The minimum Gasteiger partial charge on any atom is -0.338 e. The molecule has 4 nitrogen and oxygen atoms in total. The maximum absolute atomic E-state index is 11.8. The van der Waals surface area contributed by atoms with E-state index in [0.717, 1.165) is 13.1 Å². The highest BCUT2D eigenvalue weighted by molar-refractivity contribution is 5.81. The number of rotatable bonds is 2. The molecule has 2 rings (SSSR count). The van der Waals surface area contributed by atoms with Crippen LogP contribution in [0.2, 0.25) is 0 Å². The normalized spacial score (nSPS) is 22.2.